The van der Waals surface area contributed by atoms with E-state index in [9.17, 15) is 9.59 Å². The van der Waals surface area contributed by atoms with Crippen molar-refractivity contribution in [3.63, 3.8) is 0 Å². The van der Waals surface area contributed by atoms with Gasteiger partial charge in [0.25, 0.3) is 11.8 Å². The molecule has 10 heteroatoms. The third kappa shape index (κ3) is 4.27. The van der Waals surface area contributed by atoms with Gasteiger partial charge in [0.15, 0.2) is 5.69 Å². The molecule has 0 bridgehead atoms. The number of carbonyl (C=O) groups is 2. The fourth-order valence-electron chi connectivity index (χ4n) is 3.57. The van der Waals surface area contributed by atoms with Crippen molar-refractivity contribution in [3.8, 4) is 0 Å². The van der Waals surface area contributed by atoms with Crippen LogP contribution in [0.3, 0.4) is 0 Å². The van der Waals surface area contributed by atoms with Crippen molar-refractivity contribution in [1.82, 2.24) is 40.0 Å². The van der Waals surface area contributed by atoms with Crippen molar-refractivity contribution in [2.75, 3.05) is 0 Å². The fraction of sp³-hybridized carbons (Fsp3) is 0.450. The van der Waals surface area contributed by atoms with Crippen LogP contribution < -0.4 is 10.6 Å². The number of hydrogen-bond donors (Lipinski definition) is 2. The molecule has 10 nitrogen and oxygen atoms in total. The Hall–Kier alpha value is -3.43. The van der Waals surface area contributed by atoms with E-state index in [2.05, 4.69) is 25.9 Å². The summed E-state index contributed by atoms with van der Waals surface area (Å²) in [6.07, 6.45) is 3.75. The highest BCUT2D eigenvalue weighted by Crippen LogP contribution is 2.18. The summed E-state index contributed by atoms with van der Waals surface area (Å²) in [6, 6.07) is 1.03. The zero-order chi connectivity index (χ0) is 22.2. The zero-order valence-corrected chi connectivity index (χ0v) is 18.4. The number of hydrogen-bond acceptors (Lipinski definition) is 5. The highest BCUT2D eigenvalue weighted by atomic mass is 16.2. The van der Waals surface area contributed by atoms with Crippen molar-refractivity contribution in [1.29, 1.82) is 0 Å². The van der Waals surface area contributed by atoms with Crippen LogP contribution in [0.15, 0.2) is 18.5 Å². The number of amides is 2. The summed E-state index contributed by atoms with van der Waals surface area (Å²) < 4.78 is 4.83. The molecule has 0 saturated heterocycles. The number of nitrogens with zero attached hydrogens (tertiary/aromatic N) is 6. The molecule has 3 aromatic rings. The van der Waals surface area contributed by atoms with Crippen LogP contribution in [0.1, 0.15) is 69.4 Å². The highest BCUT2D eigenvalue weighted by molar-refractivity contribution is 5.98. The van der Waals surface area contributed by atoms with Crippen molar-refractivity contribution >= 4 is 11.8 Å². The summed E-state index contributed by atoms with van der Waals surface area (Å²) in [5.41, 5.74) is 4.06. The molecule has 0 fully saturated rings. The van der Waals surface area contributed by atoms with Gasteiger partial charge in [0.2, 0.25) is 0 Å². The number of rotatable bonds is 6. The molecule has 2 N–H and O–H groups in total. The lowest BCUT2D eigenvalue weighted by Crippen LogP contribution is -2.28. The molecule has 0 aliphatic heterocycles. The van der Waals surface area contributed by atoms with Gasteiger partial charge in [0, 0.05) is 50.7 Å². The SMILES string of the molecule is Cc1nn(C)cc1[C@@H](C)NC(=O)c1cc(C(=O)N[C@H](C)c2cn(C)nc2C)n(C)n1. The van der Waals surface area contributed by atoms with Gasteiger partial charge in [0.1, 0.15) is 5.69 Å². The summed E-state index contributed by atoms with van der Waals surface area (Å²) in [4.78, 5) is 25.4. The molecule has 30 heavy (non-hydrogen) atoms. The summed E-state index contributed by atoms with van der Waals surface area (Å²) in [7, 11) is 5.31. The predicted octanol–water partition coefficient (Wildman–Crippen LogP) is 1.49. The molecule has 0 aromatic carbocycles. The summed E-state index contributed by atoms with van der Waals surface area (Å²) >= 11 is 0. The molecule has 0 spiro atoms. The molecule has 0 aliphatic carbocycles. The number of aryl methyl sites for hydroxylation is 5. The Morgan fingerprint density at radius 3 is 1.73 bits per heavy atom. The Balaban J connectivity index is 1.71. The second kappa shape index (κ2) is 8.13. The van der Waals surface area contributed by atoms with Gasteiger partial charge in [-0.25, -0.2) is 0 Å². The van der Waals surface area contributed by atoms with Crippen LogP contribution >= 0.6 is 0 Å². The molecule has 3 rings (SSSR count). The Morgan fingerprint density at radius 1 is 0.833 bits per heavy atom. The monoisotopic (exact) mass is 412 g/mol. The molecule has 0 unspecified atom stereocenters. The Morgan fingerprint density at radius 2 is 1.30 bits per heavy atom. The number of carbonyl (C=O) groups excluding carboxylic acids is 2. The van der Waals surface area contributed by atoms with E-state index in [1.54, 1.807) is 16.4 Å². The second-order valence-electron chi connectivity index (χ2n) is 7.62. The van der Waals surface area contributed by atoms with E-state index in [0.717, 1.165) is 22.5 Å². The Bertz CT molecular complexity index is 1090. The first-order valence-corrected chi connectivity index (χ1v) is 9.72. The maximum atomic E-state index is 12.8. The van der Waals surface area contributed by atoms with E-state index >= 15 is 0 Å². The van der Waals surface area contributed by atoms with Gasteiger partial charge in [0.05, 0.1) is 23.5 Å². The molecule has 0 aliphatic rings. The minimum absolute atomic E-state index is 0.182. The van der Waals surface area contributed by atoms with Gasteiger partial charge in [-0.2, -0.15) is 15.3 Å². The molecule has 3 aromatic heterocycles. The Kier molecular flexibility index (Phi) is 5.77. The van der Waals surface area contributed by atoms with E-state index in [-0.39, 0.29) is 29.6 Å². The molecule has 160 valence electrons. The molecule has 3 heterocycles. The fourth-order valence-corrected chi connectivity index (χ4v) is 3.57. The van der Waals surface area contributed by atoms with E-state index in [0.29, 0.717) is 5.69 Å². The van der Waals surface area contributed by atoms with Gasteiger partial charge in [-0.3, -0.25) is 23.6 Å². The summed E-state index contributed by atoms with van der Waals surface area (Å²) in [5, 5.41) is 18.7. The minimum Gasteiger partial charge on any atom is -0.344 e. The van der Waals surface area contributed by atoms with E-state index < -0.39 is 0 Å². The average molecular weight is 412 g/mol. The normalized spacial score (nSPS) is 13.2. The molecule has 2 amide bonds. The molecular formula is C20H28N8O2. The van der Waals surface area contributed by atoms with Crippen LogP contribution in [0.5, 0.6) is 0 Å². The first-order valence-electron chi connectivity index (χ1n) is 9.72. The maximum Gasteiger partial charge on any atom is 0.272 e. The summed E-state index contributed by atoms with van der Waals surface area (Å²) in [6.45, 7) is 7.57. The lowest BCUT2D eigenvalue weighted by Gasteiger charge is -2.13. The zero-order valence-electron chi connectivity index (χ0n) is 18.4. The highest BCUT2D eigenvalue weighted by Gasteiger charge is 2.22. The second-order valence-corrected chi connectivity index (χ2v) is 7.62. The van der Waals surface area contributed by atoms with Crippen LogP contribution in [0.25, 0.3) is 0 Å². The summed E-state index contributed by atoms with van der Waals surface area (Å²) in [5.74, 6) is -0.660. The van der Waals surface area contributed by atoms with Crippen LogP contribution in [0.2, 0.25) is 0 Å². The van der Waals surface area contributed by atoms with E-state index in [4.69, 9.17) is 0 Å². The topological polar surface area (TPSA) is 112 Å². The van der Waals surface area contributed by atoms with Crippen LogP contribution in [-0.4, -0.2) is 41.2 Å². The minimum atomic E-state index is -0.350. The lowest BCUT2D eigenvalue weighted by molar-refractivity contribution is 0.0924. The predicted molar refractivity (Wildman–Crippen MR) is 111 cm³/mol. The van der Waals surface area contributed by atoms with Gasteiger partial charge in [-0.15, -0.1) is 0 Å². The van der Waals surface area contributed by atoms with Crippen LogP contribution in [0, 0.1) is 13.8 Å². The van der Waals surface area contributed by atoms with Crippen LogP contribution in [0.4, 0.5) is 0 Å². The molecule has 0 saturated carbocycles. The van der Waals surface area contributed by atoms with E-state index in [1.165, 1.54) is 10.7 Å². The van der Waals surface area contributed by atoms with Gasteiger partial charge in [-0.05, 0) is 27.7 Å². The van der Waals surface area contributed by atoms with Gasteiger partial charge in [-0.1, -0.05) is 0 Å². The molecular weight excluding hydrogens is 384 g/mol. The molecule has 2 atom stereocenters. The standard InChI is InChI=1S/C20H28N8O2/c1-11(15-9-26(5)23-13(15)3)21-19(29)17-8-18(28(7)25-17)20(30)22-12(2)16-10-27(6)24-14(16)4/h8-12H,1-7H3,(H,21,29)(H,22,30)/t11-,12-/m1/s1. The van der Waals surface area contributed by atoms with Crippen molar-refractivity contribution in [2.45, 2.75) is 39.8 Å². The van der Waals surface area contributed by atoms with E-state index in [1.807, 2.05) is 54.2 Å². The van der Waals surface area contributed by atoms with Crippen molar-refractivity contribution < 1.29 is 9.59 Å². The first-order chi connectivity index (χ1) is 14.1. The maximum absolute atomic E-state index is 12.8. The number of nitrogens with one attached hydrogen (secondary N) is 2. The van der Waals surface area contributed by atoms with Gasteiger partial charge < -0.3 is 10.6 Å². The third-order valence-electron chi connectivity index (χ3n) is 5.08. The third-order valence-corrected chi connectivity index (χ3v) is 5.08. The average Bonchev–Trinajstić information content (AvgIpc) is 3.31. The van der Waals surface area contributed by atoms with Crippen molar-refractivity contribution in [2.24, 2.45) is 21.1 Å². The number of aromatic nitrogens is 6. The largest absolute Gasteiger partial charge is 0.344 e. The quantitative estimate of drug-likeness (QED) is 0.637. The lowest BCUT2D eigenvalue weighted by atomic mass is 10.1. The van der Waals surface area contributed by atoms with Crippen molar-refractivity contribution in [3.05, 3.63) is 52.4 Å². The van der Waals surface area contributed by atoms with Gasteiger partial charge >= 0.3 is 0 Å². The smallest absolute Gasteiger partial charge is 0.272 e. The first kappa shape index (κ1) is 21.3. The van der Waals surface area contributed by atoms with Crippen LogP contribution in [-0.2, 0) is 21.1 Å². The Labute approximate surface area is 175 Å². The molecule has 0 radical (unpaired) electrons.